The molecule has 0 unspecified atom stereocenters. The summed E-state index contributed by atoms with van der Waals surface area (Å²) in [6, 6.07) is 1.84. The van der Waals surface area contributed by atoms with E-state index < -0.39 is 5.60 Å². The number of rotatable bonds is 3. The maximum Gasteiger partial charge on any atom is 0.410 e. The number of pyridine rings is 1. The second kappa shape index (κ2) is 8.41. The van der Waals surface area contributed by atoms with E-state index >= 15 is 0 Å². The van der Waals surface area contributed by atoms with E-state index in [9.17, 15) is 9.59 Å². The maximum absolute atomic E-state index is 12.9. The fourth-order valence-electron chi connectivity index (χ4n) is 2.87. The van der Waals surface area contributed by atoms with Gasteiger partial charge in [-0.3, -0.25) is 4.79 Å². The van der Waals surface area contributed by atoms with Crippen molar-refractivity contribution in [1.29, 1.82) is 0 Å². The highest BCUT2D eigenvalue weighted by Gasteiger charge is 2.31. The number of hydrogen-bond acceptors (Lipinski definition) is 5. The van der Waals surface area contributed by atoms with Gasteiger partial charge in [0, 0.05) is 35.9 Å². The molecule has 2 amide bonds. The molecular weight excluding hydrogens is 449 g/mol. The fraction of sp³-hybridized carbons (Fsp3) is 0.611. The molecule has 7 nitrogen and oxygen atoms in total. The molecule has 0 radical (unpaired) electrons. The first kappa shape index (κ1) is 20.7. The molecule has 1 saturated heterocycles. The van der Waals surface area contributed by atoms with Crippen LogP contribution in [0.5, 0.6) is 5.88 Å². The van der Waals surface area contributed by atoms with Crippen molar-refractivity contribution >= 4 is 34.6 Å². The minimum absolute atomic E-state index is 0.0573. The predicted molar refractivity (Wildman–Crippen MR) is 106 cm³/mol. The SMILES string of the molecule is COc1nccc(I)c1C(=O)N(C)C1CCN(C(=O)OC(C)(C)C)CC1. The third-order valence-electron chi connectivity index (χ3n) is 4.26. The van der Waals surface area contributed by atoms with Crippen molar-refractivity contribution in [2.45, 2.75) is 45.3 Å². The summed E-state index contributed by atoms with van der Waals surface area (Å²) < 4.78 is 11.5. The molecule has 0 aromatic carbocycles. The molecule has 1 aliphatic heterocycles. The van der Waals surface area contributed by atoms with Gasteiger partial charge in [-0.25, -0.2) is 9.78 Å². The lowest BCUT2D eigenvalue weighted by Gasteiger charge is -2.37. The number of nitrogens with zero attached hydrogens (tertiary/aromatic N) is 3. The topological polar surface area (TPSA) is 72.0 Å². The summed E-state index contributed by atoms with van der Waals surface area (Å²) in [6.45, 7) is 6.70. The third-order valence-corrected chi connectivity index (χ3v) is 5.16. The van der Waals surface area contributed by atoms with E-state index in [1.807, 2.05) is 20.8 Å². The number of halogens is 1. The second-order valence-electron chi connectivity index (χ2n) is 7.29. The van der Waals surface area contributed by atoms with Crippen molar-refractivity contribution in [2.75, 3.05) is 27.2 Å². The van der Waals surface area contributed by atoms with E-state index in [1.165, 1.54) is 7.11 Å². The van der Waals surface area contributed by atoms with Crippen LogP contribution in [0, 0.1) is 3.57 Å². The van der Waals surface area contributed by atoms with Crippen molar-refractivity contribution in [1.82, 2.24) is 14.8 Å². The Labute approximate surface area is 168 Å². The number of carbonyl (C=O) groups is 2. The quantitative estimate of drug-likeness (QED) is 0.629. The number of amides is 2. The Kier molecular flexibility index (Phi) is 6.70. The fourth-order valence-corrected chi connectivity index (χ4v) is 3.50. The zero-order valence-electron chi connectivity index (χ0n) is 15.9. The third kappa shape index (κ3) is 4.99. The van der Waals surface area contributed by atoms with Crippen molar-refractivity contribution < 1.29 is 19.1 Å². The summed E-state index contributed by atoms with van der Waals surface area (Å²) in [7, 11) is 3.30. The van der Waals surface area contributed by atoms with Gasteiger partial charge in [0.25, 0.3) is 5.91 Å². The Morgan fingerprint density at radius 1 is 1.31 bits per heavy atom. The van der Waals surface area contributed by atoms with E-state index in [2.05, 4.69) is 27.6 Å². The van der Waals surface area contributed by atoms with Crippen LogP contribution in [0.1, 0.15) is 44.0 Å². The molecule has 0 atom stereocenters. The molecule has 2 rings (SSSR count). The number of hydrogen-bond donors (Lipinski definition) is 0. The van der Waals surface area contributed by atoms with Gasteiger partial charge in [0.15, 0.2) is 0 Å². The van der Waals surface area contributed by atoms with Gasteiger partial charge < -0.3 is 19.3 Å². The molecular formula is C18H26IN3O4. The average Bonchev–Trinajstić information content (AvgIpc) is 2.59. The summed E-state index contributed by atoms with van der Waals surface area (Å²) >= 11 is 2.12. The molecule has 26 heavy (non-hydrogen) atoms. The highest BCUT2D eigenvalue weighted by atomic mass is 127. The first-order valence-electron chi connectivity index (χ1n) is 8.57. The Hall–Kier alpha value is -1.58. The molecule has 0 N–H and O–H groups in total. The van der Waals surface area contributed by atoms with E-state index in [-0.39, 0.29) is 18.0 Å². The van der Waals surface area contributed by atoms with Gasteiger partial charge in [-0.05, 0) is 62.3 Å². The van der Waals surface area contributed by atoms with E-state index in [0.717, 1.165) is 3.57 Å². The number of ether oxygens (including phenoxy) is 2. The normalized spacial score (nSPS) is 15.5. The summed E-state index contributed by atoms with van der Waals surface area (Å²) in [6.07, 6.45) is 2.74. The van der Waals surface area contributed by atoms with E-state index in [4.69, 9.17) is 9.47 Å². The maximum atomic E-state index is 12.9. The van der Waals surface area contributed by atoms with Crippen molar-refractivity contribution in [3.8, 4) is 5.88 Å². The van der Waals surface area contributed by atoms with Gasteiger partial charge in [0.2, 0.25) is 5.88 Å². The molecule has 2 heterocycles. The predicted octanol–water partition coefficient (Wildman–Crippen LogP) is 3.17. The number of likely N-dealkylation sites (tertiary alicyclic amines) is 1. The second-order valence-corrected chi connectivity index (χ2v) is 8.45. The molecule has 1 aliphatic rings. The standard InChI is InChI=1S/C18H26IN3O4/c1-18(2,3)26-17(24)22-10-7-12(8-11-22)21(4)16(23)14-13(19)6-9-20-15(14)25-5/h6,9,12H,7-8,10-11H2,1-5H3. The van der Waals surface area contributed by atoms with E-state index in [0.29, 0.717) is 37.4 Å². The molecule has 1 fully saturated rings. The molecule has 0 bridgehead atoms. The molecule has 1 aromatic heterocycles. The highest BCUT2D eigenvalue weighted by molar-refractivity contribution is 14.1. The minimum atomic E-state index is -0.506. The van der Waals surface area contributed by atoms with E-state index in [1.54, 1.807) is 29.1 Å². The molecule has 1 aromatic rings. The van der Waals surface area contributed by atoms with Crippen molar-refractivity contribution in [3.05, 3.63) is 21.4 Å². The first-order valence-corrected chi connectivity index (χ1v) is 9.65. The van der Waals surface area contributed by atoms with Crippen LogP contribution in [0.25, 0.3) is 0 Å². The van der Waals surface area contributed by atoms with Gasteiger partial charge in [-0.2, -0.15) is 0 Å². The molecule has 0 saturated carbocycles. The van der Waals surface area contributed by atoms with Gasteiger partial charge in [-0.1, -0.05) is 0 Å². The van der Waals surface area contributed by atoms with Crippen LogP contribution in [0.4, 0.5) is 4.79 Å². The summed E-state index contributed by atoms with van der Waals surface area (Å²) in [4.78, 5) is 32.7. The smallest absolute Gasteiger partial charge is 0.410 e. The van der Waals surface area contributed by atoms with Crippen molar-refractivity contribution in [3.63, 3.8) is 0 Å². The van der Waals surface area contributed by atoms with Crippen LogP contribution in [0.15, 0.2) is 12.3 Å². The van der Waals surface area contributed by atoms with Crippen LogP contribution in [-0.2, 0) is 4.74 Å². The summed E-state index contributed by atoms with van der Waals surface area (Å²) in [5.41, 5.74) is -0.0264. The lowest BCUT2D eigenvalue weighted by molar-refractivity contribution is 0.0159. The largest absolute Gasteiger partial charge is 0.480 e. The number of carbonyl (C=O) groups excluding carboxylic acids is 2. The number of methoxy groups -OCH3 is 1. The lowest BCUT2D eigenvalue weighted by Crippen LogP contribution is -2.48. The van der Waals surface area contributed by atoms with Gasteiger partial charge in [-0.15, -0.1) is 0 Å². The molecule has 0 spiro atoms. The van der Waals surface area contributed by atoms with Gasteiger partial charge in [0.05, 0.1) is 7.11 Å². The number of piperidine rings is 1. The average molecular weight is 475 g/mol. The van der Waals surface area contributed by atoms with Gasteiger partial charge >= 0.3 is 6.09 Å². The number of aromatic nitrogens is 1. The monoisotopic (exact) mass is 475 g/mol. The van der Waals surface area contributed by atoms with Crippen molar-refractivity contribution in [2.24, 2.45) is 0 Å². The Balaban J connectivity index is 2.01. The Morgan fingerprint density at radius 3 is 2.46 bits per heavy atom. The van der Waals surface area contributed by atoms with Crippen LogP contribution in [0.2, 0.25) is 0 Å². The zero-order chi connectivity index (χ0) is 19.5. The van der Waals surface area contributed by atoms with Crippen LogP contribution >= 0.6 is 22.6 Å². The van der Waals surface area contributed by atoms with Crippen LogP contribution < -0.4 is 4.74 Å². The molecule has 0 aliphatic carbocycles. The van der Waals surface area contributed by atoms with Crippen LogP contribution in [0.3, 0.4) is 0 Å². The minimum Gasteiger partial charge on any atom is -0.480 e. The zero-order valence-corrected chi connectivity index (χ0v) is 18.1. The molecule has 8 heteroatoms. The summed E-state index contributed by atoms with van der Waals surface area (Å²) in [5, 5.41) is 0. The first-order chi connectivity index (χ1) is 12.1. The van der Waals surface area contributed by atoms with Gasteiger partial charge in [0.1, 0.15) is 11.2 Å². The Morgan fingerprint density at radius 2 is 1.92 bits per heavy atom. The Bertz CT molecular complexity index is 667. The lowest BCUT2D eigenvalue weighted by atomic mass is 10.0. The summed E-state index contributed by atoms with van der Waals surface area (Å²) in [5.74, 6) is 0.218. The highest BCUT2D eigenvalue weighted by Crippen LogP contribution is 2.25. The van der Waals surface area contributed by atoms with Crippen LogP contribution in [-0.4, -0.2) is 65.7 Å². The molecule has 144 valence electrons.